The van der Waals surface area contributed by atoms with Crippen LogP contribution in [0, 0.1) is 11.8 Å². The molecular formula is C30H39N7OS. The summed E-state index contributed by atoms with van der Waals surface area (Å²) < 4.78 is 5.25. The predicted molar refractivity (Wildman–Crippen MR) is 164 cm³/mol. The van der Waals surface area contributed by atoms with Crippen LogP contribution in [0.25, 0.3) is 0 Å². The fourth-order valence-electron chi connectivity index (χ4n) is 5.56. The Morgan fingerprint density at radius 1 is 0.872 bits per heavy atom. The molecule has 0 unspecified atom stereocenters. The Labute approximate surface area is 237 Å². The molecule has 5 rings (SSSR count). The first-order chi connectivity index (χ1) is 19.0. The second kappa shape index (κ2) is 12.5. The molecule has 0 bridgehead atoms. The summed E-state index contributed by atoms with van der Waals surface area (Å²) in [6.45, 7) is 11.0. The van der Waals surface area contributed by atoms with Gasteiger partial charge < -0.3 is 30.1 Å². The molecule has 2 saturated heterocycles. The molecule has 2 aromatic carbocycles. The number of thiocarbonyl (C=S) groups is 1. The van der Waals surface area contributed by atoms with E-state index in [1.807, 2.05) is 24.3 Å². The zero-order valence-electron chi connectivity index (χ0n) is 23.1. The van der Waals surface area contributed by atoms with Crippen molar-refractivity contribution in [3.8, 4) is 5.75 Å². The van der Waals surface area contributed by atoms with Crippen molar-refractivity contribution < 1.29 is 4.74 Å². The number of hydrogen-bond donors (Lipinski definition) is 2. The molecule has 1 aromatic heterocycles. The number of nitrogens with one attached hydrogen (secondary N) is 2. The Hall–Kier alpha value is -3.59. The topological polar surface area (TPSA) is 68.8 Å². The number of rotatable bonds is 7. The zero-order chi connectivity index (χ0) is 27.2. The Kier molecular flexibility index (Phi) is 8.66. The van der Waals surface area contributed by atoms with Crippen molar-refractivity contribution in [2.24, 2.45) is 11.8 Å². The quantitative estimate of drug-likeness (QED) is 0.408. The number of hydrogen-bond acceptors (Lipinski definition) is 7. The van der Waals surface area contributed by atoms with Crippen molar-refractivity contribution in [2.45, 2.75) is 26.8 Å². The predicted octanol–water partition coefficient (Wildman–Crippen LogP) is 4.78. The minimum Gasteiger partial charge on any atom is -0.497 e. The summed E-state index contributed by atoms with van der Waals surface area (Å²) in [6, 6.07) is 20.7. The Morgan fingerprint density at radius 3 is 2.13 bits per heavy atom. The van der Waals surface area contributed by atoms with Crippen molar-refractivity contribution >= 4 is 40.6 Å². The van der Waals surface area contributed by atoms with E-state index < -0.39 is 0 Å². The molecule has 3 heterocycles. The summed E-state index contributed by atoms with van der Waals surface area (Å²) in [6.07, 6.45) is 1.25. The standard InChI is InChI=1S/C30H39N7OS/c1-22-17-23(2)21-37(20-22)28-18-27(36-15-13-35(14-16-36)25-7-5-4-6-8-25)32-29(33-28)34-30(39)31-19-24-9-11-26(38-3)12-10-24/h4-12,18,22-23H,13-17,19-21H2,1-3H3,(H2,31,32,33,34,39)/t22-,23-/m1/s1. The molecule has 0 radical (unpaired) electrons. The van der Waals surface area contributed by atoms with Crippen LogP contribution in [0.3, 0.4) is 0 Å². The zero-order valence-corrected chi connectivity index (χ0v) is 24.0. The van der Waals surface area contributed by atoms with E-state index in [-0.39, 0.29) is 0 Å². The van der Waals surface area contributed by atoms with Crippen LogP contribution >= 0.6 is 12.2 Å². The van der Waals surface area contributed by atoms with E-state index in [0.717, 1.165) is 62.2 Å². The van der Waals surface area contributed by atoms with Crippen LogP contribution in [0.4, 0.5) is 23.3 Å². The van der Waals surface area contributed by atoms with Gasteiger partial charge in [0.05, 0.1) is 7.11 Å². The highest BCUT2D eigenvalue weighted by Crippen LogP contribution is 2.29. The molecule has 39 heavy (non-hydrogen) atoms. The van der Waals surface area contributed by atoms with Gasteiger partial charge in [-0.25, -0.2) is 0 Å². The fourth-order valence-corrected chi connectivity index (χ4v) is 5.72. The van der Waals surface area contributed by atoms with Crippen molar-refractivity contribution in [1.82, 2.24) is 15.3 Å². The highest BCUT2D eigenvalue weighted by atomic mass is 32.1. The van der Waals surface area contributed by atoms with Crippen LogP contribution < -0.4 is 30.1 Å². The van der Waals surface area contributed by atoms with Crippen molar-refractivity contribution in [3.63, 3.8) is 0 Å². The summed E-state index contributed by atoms with van der Waals surface area (Å²) in [7, 11) is 1.67. The van der Waals surface area contributed by atoms with Gasteiger partial charge in [0.2, 0.25) is 5.95 Å². The molecule has 0 amide bonds. The van der Waals surface area contributed by atoms with E-state index in [1.165, 1.54) is 12.1 Å². The molecule has 9 heteroatoms. The molecule has 0 aliphatic carbocycles. The van der Waals surface area contributed by atoms with Gasteiger partial charge in [-0.1, -0.05) is 44.2 Å². The molecule has 0 saturated carbocycles. The van der Waals surface area contributed by atoms with Gasteiger partial charge in [-0.15, -0.1) is 0 Å². The van der Waals surface area contributed by atoms with Crippen molar-refractivity contribution in [1.29, 1.82) is 0 Å². The van der Waals surface area contributed by atoms with E-state index >= 15 is 0 Å². The molecule has 8 nitrogen and oxygen atoms in total. The van der Waals surface area contributed by atoms with Gasteiger partial charge in [-0.3, -0.25) is 0 Å². The molecule has 2 aliphatic rings. The molecule has 2 aliphatic heterocycles. The molecule has 0 spiro atoms. The molecule has 2 N–H and O–H groups in total. The van der Waals surface area contributed by atoms with Gasteiger partial charge >= 0.3 is 0 Å². The highest BCUT2D eigenvalue weighted by Gasteiger charge is 2.25. The lowest BCUT2D eigenvalue weighted by Crippen LogP contribution is -2.47. The summed E-state index contributed by atoms with van der Waals surface area (Å²) in [5.41, 5.74) is 2.38. The van der Waals surface area contributed by atoms with E-state index in [0.29, 0.717) is 29.4 Å². The Bertz CT molecular complexity index is 1220. The van der Waals surface area contributed by atoms with Gasteiger partial charge in [0.1, 0.15) is 17.4 Å². The molecule has 2 fully saturated rings. The third-order valence-electron chi connectivity index (χ3n) is 7.45. The number of ether oxygens (including phenoxy) is 1. The first-order valence-electron chi connectivity index (χ1n) is 13.8. The summed E-state index contributed by atoms with van der Waals surface area (Å²) >= 11 is 5.63. The molecule has 3 aromatic rings. The summed E-state index contributed by atoms with van der Waals surface area (Å²) in [5.74, 6) is 4.54. The normalized spacial score (nSPS) is 19.5. The number of piperidine rings is 1. The van der Waals surface area contributed by atoms with Gasteiger partial charge in [0.15, 0.2) is 5.11 Å². The van der Waals surface area contributed by atoms with Crippen LogP contribution in [0.1, 0.15) is 25.8 Å². The minimum atomic E-state index is 0.503. The average molecular weight is 546 g/mol. The SMILES string of the molecule is COc1ccc(CNC(=S)Nc2nc(N3CCN(c4ccccc4)CC3)cc(N3C[C@H](C)C[C@@H](C)C3)n2)cc1. The van der Waals surface area contributed by atoms with Crippen LogP contribution in [0.15, 0.2) is 60.7 Å². The van der Waals surface area contributed by atoms with Gasteiger partial charge in [-0.2, -0.15) is 9.97 Å². The fraction of sp³-hybridized carbons (Fsp3) is 0.433. The molecule has 2 atom stereocenters. The average Bonchev–Trinajstić information content (AvgIpc) is 2.96. The molecular weight excluding hydrogens is 506 g/mol. The maximum Gasteiger partial charge on any atom is 0.232 e. The Balaban J connectivity index is 1.30. The van der Waals surface area contributed by atoms with Crippen molar-refractivity contribution in [2.75, 3.05) is 66.4 Å². The number of benzene rings is 2. The first-order valence-corrected chi connectivity index (χ1v) is 14.2. The van der Waals surface area contributed by atoms with Crippen LogP contribution in [-0.4, -0.2) is 61.5 Å². The third kappa shape index (κ3) is 7.09. The van der Waals surface area contributed by atoms with E-state index in [1.54, 1.807) is 7.11 Å². The largest absolute Gasteiger partial charge is 0.497 e. The lowest BCUT2D eigenvalue weighted by Gasteiger charge is -2.38. The number of aromatic nitrogens is 2. The highest BCUT2D eigenvalue weighted by molar-refractivity contribution is 7.80. The van der Waals surface area contributed by atoms with Crippen LogP contribution in [0.5, 0.6) is 5.75 Å². The van der Waals surface area contributed by atoms with Crippen molar-refractivity contribution in [3.05, 3.63) is 66.2 Å². The summed E-state index contributed by atoms with van der Waals surface area (Å²) in [5, 5.41) is 7.05. The lowest BCUT2D eigenvalue weighted by molar-refractivity contribution is 0.355. The van der Waals surface area contributed by atoms with Crippen LogP contribution in [-0.2, 0) is 6.54 Å². The monoisotopic (exact) mass is 545 g/mol. The number of methoxy groups -OCH3 is 1. The minimum absolute atomic E-state index is 0.503. The van der Waals surface area contributed by atoms with E-state index in [9.17, 15) is 0 Å². The number of nitrogens with zero attached hydrogens (tertiary/aromatic N) is 5. The maximum atomic E-state index is 5.63. The van der Waals surface area contributed by atoms with Gasteiger partial charge in [-0.05, 0) is 60.3 Å². The smallest absolute Gasteiger partial charge is 0.232 e. The van der Waals surface area contributed by atoms with E-state index in [2.05, 4.69) is 75.6 Å². The summed E-state index contributed by atoms with van der Waals surface area (Å²) in [4.78, 5) is 17.0. The third-order valence-corrected chi connectivity index (χ3v) is 7.70. The second-order valence-electron chi connectivity index (χ2n) is 10.7. The number of piperazine rings is 1. The Morgan fingerprint density at radius 2 is 1.49 bits per heavy atom. The number of anilines is 4. The van der Waals surface area contributed by atoms with Gasteiger partial charge in [0, 0.05) is 57.6 Å². The maximum absolute atomic E-state index is 5.63. The second-order valence-corrected chi connectivity index (χ2v) is 11.1. The van der Waals surface area contributed by atoms with E-state index in [4.69, 9.17) is 26.9 Å². The molecule has 206 valence electrons. The van der Waals surface area contributed by atoms with Gasteiger partial charge in [0.25, 0.3) is 0 Å². The lowest BCUT2D eigenvalue weighted by atomic mass is 9.92. The van der Waals surface area contributed by atoms with Crippen LogP contribution in [0.2, 0.25) is 0 Å². The first kappa shape index (κ1) is 27.0. The number of para-hydroxylation sites is 1.